The number of fused-ring (bicyclic) bond motifs is 2. The predicted molar refractivity (Wildman–Crippen MR) is 189 cm³/mol. The topological polar surface area (TPSA) is 53.1 Å². The van der Waals surface area contributed by atoms with Gasteiger partial charge in [0.2, 0.25) is 5.91 Å². The third-order valence-corrected chi connectivity index (χ3v) is 10.7. The molecule has 8 heteroatoms. The Labute approximate surface area is 278 Å². The van der Waals surface area contributed by atoms with E-state index in [1.807, 2.05) is 5.38 Å². The van der Waals surface area contributed by atoms with Crippen molar-refractivity contribution in [3.8, 4) is 0 Å². The zero-order valence-electron chi connectivity index (χ0n) is 27.9. The molecule has 1 saturated heterocycles. The predicted octanol–water partition coefficient (Wildman–Crippen LogP) is 8.54. The molecule has 46 heavy (non-hydrogen) atoms. The van der Waals surface area contributed by atoms with E-state index in [0.29, 0.717) is 19.3 Å². The Hall–Kier alpha value is -2.97. The molecular formula is C38H52FN3O3S. The second kappa shape index (κ2) is 17.3. The highest BCUT2D eigenvalue weighted by atomic mass is 32.1. The van der Waals surface area contributed by atoms with E-state index in [1.54, 1.807) is 28.4 Å². The number of rotatable bonds is 17. The summed E-state index contributed by atoms with van der Waals surface area (Å²) in [6.07, 6.45) is 14.9. The highest BCUT2D eigenvalue weighted by Crippen LogP contribution is 2.34. The minimum Gasteiger partial charge on any atom is -0.467 e. The lowest BCUT2D eigenvalue weighted by Crippen LogP contribution is -2.48. The van der Waals surface area contributed by atoms with Crippen molar-refractivity contribution >= 4 is 44.7 Å². The first kappa shape index (κ1) is 34.4. The van der Waals surface area contributed by atoms with Crippen LogP contribution in [0.15, 0.2) is 41.8 Å². The highest BCUT2D eigenvalue weighted by Gasteiger charge is 2.35. The number of piperazine rings is 1. The van der Waals surface area contributed by atoms with E-state index >= 15 is 0 Å². The highest BCUT2D eigenvalue weighted by molar-refractivity contribution is 7.17. The van der Waals surface area contributed by atoms with E-state index in [9.17, 15) is 14.0 Å². The molecule has 0 radical (unpaired) electrons. The van der Waals surface area contributed by atoms with Crippen molar-refractivity contribution in [2.45, 2.75) is 103 Å². The number of methoxy groups -OCH3 is 1. The van der Waals surface area contributed by atoms with Gasteiger partial charge in [-0.05, 0) is 60.0 Å². The Morgan fingerprint density at radius 2 is 1.61 bits per heavy atom. The first-order chi connectivity index (χ1) is 22.5. The van der Waals surface area contributed by atoms with Crippen LogP contribution in [0.2, 0.25) is 0 Å². The van der Waals surface area contributed by atoms with Gasteiger partial charge in [-0.25, -0.2) is 9.18 Å². The van der Waals surface area contributed by atoms with E-state index in [0.717, 1.165) is 79.0 Å². The van der Waals surface area contributed by atoms with Crippen LogP contribution in [-0.4, -0.2) is 62.7 Å². The number of unbranched alkanes of at least 4 members (excludes halogenated alkanes) is 9. The molecule has 2 aliphatic heterocycles. The molecule has 1 fully saturated rings. The van der Waals surface area contributed by atoms with Crippen molar-refractivity contribution in [1.82, 2.24) is 4.90 Å². The fourth-order valence-corrected chi connectivity index (χ4v) is 7.96. The lowest BCUT2D eigenvalue weighted by molar-refractivity contribution is -0.143. The van der Waals surface area contributed by atoms with E-state index < -0.39 is 6.04 Å². The molecule has 250 valence electrons. The molecule has 0 saturated carbocycles. The SMILES string of the molecule is CCCCCCCCCCCCC(C(=O)OC)N1C(=O)CCc2ccc(CCN3CCN(c4cc(F)cc5sccc45)CC3)cc21. The largest absolute Gasteiger partial charge is 0.467 e. The molecular weight excluding hydrogens is 598 g/mol. The van der Waals surface area contributed by atoms with Crippen molar-refractivity contribution in [3.63, 3.8) is 0 Å². The van der Waals surface area contributed by atoms with Crippen molar-refractivity contribution in [2.24, 2.45) is 0 Å². The number of nitrogens with zero attached hydrogens (tertiary/aromatic N) is 3. The van der Waals surface area contributed by atoms with Gasteiger partial charge in [0.15, 0.2) is 0 Å². The Balaban J connectivity index is 1.15. The minimum absolute atomic E-state index is 0.0142. The average molecular weight is 650 g/mol. The molecule has 6 nitrogen and oxygen atoms in total. The summed E-state index contributed by atoms with van der Waals surface area (Å²) >= 11 is 1.58. The number of halogens is 1. The molecule has 1 aromatic heterocycles. The zero-order valence-corrected chi connectivity index (χ0v) is 28.7. The summed E-state index contributed by atoms with van der Waals surface area (Å²) in [5, 5.41) is 3.16. The molecule has 2 aliphatic rings. The van der Waals surface area contributed by atoms with Gasteiger partial charge in [0.25, 0.3) is 0 Å². The standard InChI is InChI=1S/C38H52FN3O3S/c1-3-4-5-6-7-8-9-10-11-12-13-33(38(44)45-2)42-34-26-29(14-15-30(34)16-17-37(42)43)18-20-40-21-23-41(24-22-40)35-27-31(39)28-36-32(35)19-25-46-36/h14-15,19,25-28,33H,3-13,16-18,20-24H2,1-2H3. The maximum atomic E-state index is 14.3. The van der Waals surface area contributed by atoms with Crippen LogP contribution in [0, 0.1) is 5.82 Å². The number of carbonyl (C=O) groups is 2. The molecule has 2 aromatic carbocycles. The number of benzene rings is 2. The molecule has 5 rings (SSSR count). The Bertz CT molecular complexity index is 1430. The Kier molecular flexibility index (Phi) is 12.9. The lowest BCUT2D eigenvalue weighted by atomic mass is 9.95. The third-order valence-electron chi connectivity index (χ3n) is 9.85. The molecule has 1 atom stereocenters. The number of hydrogen-bond donors (Lipinski definition) is 0. The van der Waals surface area contributed by atoms with Crippen LogP contribution in [0.4, 0.5) is 15.8 Å². The van der Waals surface area contributed by atoms with E-state index in [-0.39, 0.29) is 17.7 Å². The minimum atomic E-state index is -0.577. The van der Waals surface area contributed by atoms with Crippen LogP contribution < -0.4 is 9.80 Å². The van der Waals surface area contributed by atoms with Crippen LogP contribution in [0.5, 0.6) is 0 Å². The fourth-order valence-electron chi connectivity index (χ4n) is 7.13. The maximum absolute atomic E-state index is 14.3. The normalized spacial score (nSPS) is 16.2. The van der Waals surface area contributed by atoms with Gasteiger partial charge in [-0.15, -0.1) is 11.3 Å². The first-order valence-electron chi connectivity index (χ1n) is 17.6. The number of hydrogen-bond acceptors (Lipinski definition) is 6. The van der Waals surface area contributed by atoms with E-state index in [2.05, 4.69) is 41.0 Å². The molecule has 3 aromatic rings. The molecule has 0 bridgehead atoms. The van der Waals surface area contributed by atoms with Gasteiger partial charge in [0, 0.05) is 60.6 Å². The van der Waals surface area contributed by atoms with Gasteiger partial charge in [0.05, 0.1) is 7.11 Å². The number of carbonyl (C=O) groups excluding carboxylic acids is 2. The van der Waals surface area contributed by atoms with Crippen LogP contribution in [0.3, 0.4) is 0 Å². The van der Waals surface area contributed by atoms with Crippen molar-refractivity contribution in [3.05, 3.63) is 58.7 Å². The summed E-state index contributed by atoms with van der Waals surface area (Å²) in [5.41, 5.74) is 4.18. The van der Waals surface area contributed by atoms with Crippen molar-refractivity contribution in [2.75, 3.05) is 49.6 Å². The lowest BCUT2D eigenvalue weighted by Gasteiger charge is -2.37. The van der Waals surface area contributed by atoms with E-state index in [1.165, 1.54) is 64.0 Å². The van der Waals surface area contributed by atoms with E-state index in [4.69, 9.17) is 4.74 Å². The van der Waals surface area contributed by atoms with Crippen LogP contribution >= 0.6 is 11.3 Å². The second-order valence-electron chi connectivity index (χ2n) is 13.1. The Morgan fingerprint density at radius 3 is 2.33 bits per heavy atom. The number of anilines is 2. The summed E-state index contributed by atoms with van der Waals surface area (Å²) in [7, 11) is 1.43. The molecule has 1 amide bonds. The average Bonchev–Trinajstić information content (AvgIpc) is 3.55. The second-order valence-corrected chi connectivity index (χ2v) is 14.0. The third kappa shape index (κ3) is 8.88. The van der Waals surface area contributed by atoms with Gasteiger partial charge >= 0.3 is 5.97 Å². The zero-order chi connectivity index (χ0) is 32.3. The van der Waals surface area contributed by atoms with Gasteiger partial charge in [-0.1, -0.05) is 83.3 Å². The summed E-state index contributed by atoms with van der Waals surface area (Å²) in [5.74, 6) is -0.482. The number of ether oxygens (including phenoxy) is 1. The van der Waals surface area contributed by atoms with Crippen molar-refractivity contribution < 1.29 is 18.7 Å². The maximum Gasteiger partial charge on any atom is 0.328 e. The number of thiophene rings is 1. The van der Waals surface area contributed by atoms with Gasteiger partial charge < -0.3 is 9.64 Å². The summed E-state index contributed by atoms with van der Waals surface area (Å²) < 4.78 is 20.5. The monoisotopic (exact) mass is 649 g/mol. The van der Waals surface area contributed by atoms with Crippen molar-refractivity contribution in [1.29, 1.82) is 0 Å². The molecule has 0 aliphatic carbocycles. The van der Waals surface area contributed by atoms with Crippen LogP contribution in [0.25, 0.3) is 10.1 Å². The molecule has 1 unspecified atom stereocenters. The first-order valence-corrected chi connectivity index (χ1v) is 18.5. The summed E-state index contributed by atoms with van der Waals surface area (Å²) in [6, 6.07) is 11.3. The van der Waals surface area contributed by atoms with Gasteiger partial charge in [-0.2, -0.15) is 0 Å². The smallest absolute Gasteiger partial charge is 0.328 e. The molecule has 3 heterocycles. The molecule has 0 spiro atoms. The Morgan fingerprint density at radius 1 is 0.891 bits per heavy atom. The fraction of sp³-hybridized carbons (Fsp3) is 0.579. The van der Waals surface area contributed by atoms with Crippen LogP contribution in [-0.2, 0) is 27.2 Å². The number of esters is 1. The summed E-state index contributed by atoms with van der Waals surface area (Å²) in [6.45, 7) is 6.72. The quantitative estimate of drug-likeness (QED) is 0.108. The van der Waals surface area contributed by atoms with Crippen LogP contribution in [0.1, 0.15) is 95.1 Å². The number of aryl methyl sites for hydroxylation is 1. The number of amides is 1. The van der Waals surface area contributed by atoms with Gasteiger partial charge in [-0.3, -0.25) is 14.6 Å². The van der Waals surface area contributed by atoms with Gasteiger partial charge in [0.1, 0.15) is 11.9 Å². The molecule has 0 N–H and O–H groups in total. The summed E-state index contributed by atoms with van der Waals surface area (Å²) in [4.78, 5) is 32.9.